The second kappa shape index (κ2) is 8.64. The standard InChI is InChI=1S/C19H25N5O4S2/c1-13-8-10-23(11-9-13)30(27,28)15-6-7-17(16(12-15)24(25)26)29-19-20-18(21-22-19)14-4-2-3-5-14/h6-7,12-14H,2-5,8-11H2,1H3,(H,20,21,22). The van der Waals surface area contributed by atoms with Gasteiger partial charge in [-0.2, -0.15) is 4.31 Å². The van der Waals surface area contributed by atoms with Crippen molar-refractivity contribution in [3.05, 3.63) is 34.1 Å². The van der Waals surface area contributed by atoms with E-state index in [0.717, 1.165) is 49.3 Å². The summed E-state index contributed by atoms with van der Waals surface area (Å²) < 4.78 is 27.3. The monoisotopic (exact) mass is 451 g/mol. The quantitative estimate of drug-likeness (QED) is 0.521. The minimum atomic E-state index is -3.76. The van der Waals surface area contributed by atoms with Crippen LogP contribution in [0.5, 0.6) is 0 Å². The maximum absolute atomic E-state index is 13.0. The molecule has 9 nitrogen and oxygen atoms in total. The molecule has 0 unspecified atom stereocenters. The van der Waals surface area contributed by atoms with Crippen molar-refractivity contribution in [2.75, 3.05) is 13.1 Å². The smallest absolute Gasteiger partial charge is 0.262 e. The van der Waals surface area contributed by atoms with E-state index in [-0.39, 0.29) is 10.6 Å². The van der Waals surface area contributed by atoms with Gasteiger partial charge in [0.15, 0.2) is 0 Å². The molecule has 1 aromatic carbocycles. The summed E-state index contributed by atoms with van der Waals surface area (Å²) >= 11 is 1.07. The normalized spacial score (nSPS) is 19.4. The Morgan fingerprint density at radius 1 is 1.20 bits per heavy atom. The predicted octanol–water partition coefficient (Wildman–Crippen LogP) is 3.94. The molecule has 0 bridgehead atoms. The summed E-state index contributed by atoms with van der Waals surface area (Å²) in [6.45, 7) is 2.98. The average molecular weight is 452 g/mol. The number of nitrogens with one attached hydrogen (secondary N) is 1. The minimum absolute atomic E-state index is 0.0465. The third kappa shape index (κ3) is 4.37. The van der Waals surface area contributed by atoms with Crippen molar-refractivity contribution in [2.45, 2.75) is 66.3 Å². The fraction of sp³-hybridized carbons (Fsp3) is 0.579. The second-order valence-corrected chi connectivity index (χ2v) is 11.0. The summed E-state index contributed by atoms with van der Waals surface area (Å²) in [5.74, 6) is 1.66. The predicted molar refractivity (Wildman–Crippen MR) is 112 cm³/mol. The molecule has 0 atom stereocenters. The van der Waals surface area contributed by atoms with Gasteiger partial charge >= 0.3 is 0 Å². The van der Waals surface area contributed by atoms with Crippen LogP contribution in [-0.4, -0.2) is 45.9 Å². The number of sulfonamides is 1. The first-order chi connectivity index (χ1) is 14.3. The molecule has 0 amide bonds. The Morgan fingerprint density at radius 3 is 2.57 bits per heavy atom. The lowest BCUT2D eigenvalue weighted by atomic mass is 10.0. The van der Waals surface area contributed by atoms with E-state index in [4.69, 9.17) is 0 Å². The van der Waals surface area contributed by atoms with Gasteiger partial charge in [0.1, 0.15) is 5.82 Å². The number of aromatic nitrogens is 3. The number of nitro groups is 1. The van der Waals surface area contributed by atoms with Crippen LogP contribution in [0.3, 0.4) is 0 Å². The highest BCUT2D eigenvalue weighted by atomic mass is 32.2. The molecular formula is C19H25N5O4S2. The van der Waals surface area contributed by atoms with Crippen molar-refractivity contribution in [3.63, 3.8) is 0 Å². The molecule has 0 radical (unpaired) electrons. The molecule has 1 N–H and O–H groups in total. The number of nitro benzene ring substituents is 1. The van der Waals surface area contributed by atoms with E-state index >= 15 is 0 Å². The Kier molecular flexibility index (Phi) is 6.12. The van der Waals surface area contributed by atoms with Gasteiger partial charge in [-0.25, -0.2) is 13.4 Å². The Hall–Kier alpha value is -1.98. The Labute approximate surface area is 179 Å². The second-order valence-electron chi connectivity index (χ2n) is 8.06. The van der Waals surface area contributed by atoms with Crippen molar-refractivity contribution in [3.8, 4) is 0 Å². The number of hydrogen-bond donors (Lipinski definition) is 1. The highest BCUT2D eigenvalue weighted by Gasteiger charge is 2.30. The van der Waals surface area contributed by atoms with Gasteiger partial charge in [0.2, 0.25) is 15.2 Å². The van der Waals surface area contributed by atoms with E-state index in [1.807, 2.05) is 0 Å². The van der Waals surface area contributed by atoms with E-state index in [9.17, 15) is 18.5 Å². The Bertz CT molecular complexity index is 1030. The minimum Gasteiger partial charge on any atom is -0.262 e. The van der Waals surface area contributed by atoms with Crippen molar-refractivity contribution >= 4 is 27.5 Å². The largest absolute Gasteiger partial charge is 0.284 e. The molecule has 162 valence electrons. The van der Waals surface area contributed by atoms with E-state index in [1.165, 1.54) is 29.3 Å². The van der Waals surface area contributed by atoms with Crippen molar-refractivity contribution < 1.29 is 13.3 Å². The zero-order chi connectivity index (χ0) is 21.3. The highest BCUT2D eigenvalue weighted by molar-refractivity contribution is 7.99. The molecule has 1 aliphatic carbocycles. The van der Waals surface area contributed by atoms with Crippen molar-refractivity contribution in [1.82, 2.24) is 19.5 Å². The first kappa shape index (κ1) is 21.3. The molecule has 1 aliphatic heterocycles. The molecule has 1 saturated carbocycles. The van der Waals surface area contributed by atoms with Gasteiger partial charge in [-0.05, 0) is 55.5 Å². The van der Waals surface area contributed by atoms with Gasteiger partial charge in [0.05, 0.1) is 14.7 Å². The number of piperidine rings is 1. The number of aromatic amines is 1. The molecule has 11 heteroatoms. The SMILES string of the molecule is CC1CCN(S(=O)(=O)c2ccc(Sc3n[nH]c(C4CCCC4)n3)c([N+](=O)[O-])c2)CC1. The van der Waals surface area contributed by atoms with Gasteiger partial charge in [-0.3, -0.25) is 15.2 Å². The average Bonchev–Trinajstić information content (AvgIpc) is 3.40. The molecule has 2 aliphatic rings. The van der Waals surface area contributed by atoms with Crippen LogP contribution in [0, 0.1) is 16.0 Å². The van der Waals surface area contributed by atoms with Crippen LogP contribution < -0.4 is 0 Å². The first-order valence-electron chi connectivity index (χ1n) is 10.2. The van der Waals surface area contributed by atoms with Crippen LogP contribution in [0.4, 0.5) is 5.69 Å². The van der Waals surface area contributed by atoms with Crippen molar-refractivity contribution in [2.24, 2.45) is 5.92 Å². The maximum atomic E-state index is 13.0. The summed E-state index contributed by atoms with van der Waals surface area (Å²) in [4.78, 5) is 15.9. The molecular weight excluding hydrogens is 426 g/mol. The zero-order valence-corrected chi connectivity index (χ0v) is 18.4. The van der Waals surface area contributed by atoms with Crippen LogP contribution in [-0.2, 0) is 10.0 Å². The first-order valence-corrected chi connectivity index (χ1v) is 12.5. The van der Waals surface area contributed by atoms with Crippen LogP contribution in [0.1, 0.15) is 57.2 Å². The topological polar surface area (TPSA) is 122 Å². The number of hydrogen-bond acceptors (Lipinski definition) is 7. The Morgan fingerprint density at radius 2 is 1.90 bits per heavy atom. The van der Waals surface area contributed by atoms with Gasteiger partial charge in [-0.15, -0.1) is 5.10 Å². The van der Waals surface area contributed by atoms with E-state index in [0.29, 0.717) is 35.0 Å². The molecule has 2 heterocycles. The summed E-state index contributed by atoms with van der Waals surface area (Å²) in [6, 6.07) is 4.07. The molecule has 0 spiro atoms. The maximum Gasteiger partial charge on any atom is 0.284 e. The molecule has 4 rings (SSSR count). The van der Waals surface area contributed by atoms with Gasteiger partial charge in [0.25, 0.3) is 5.69 Å². The summed E-state index contributed by atoms with van der Waals surface area (Å²) in [6.07, 6.45) is 6.08. The fourth-order valence-corrected chi connectivity index (χ4v) is 6.34. The van der Waals surface area contributed by atoms with Crippen LogP contribution >= 0.6 is 11.8 Å². The lowest BCUT2D eigenvalue weighted by molar-refractivity contribution is -0.388. The number of H-pyrrole nitrogens is 1. The molecule has 2 fully saturated rings. The lowest BCUT2D eigenvalue weighted by Gasteiger charge is -2.29. The third-order valence-electron chi connectivity index (χ3n) is 5.93. The van der Waals surface area contributed by atoms with E-state index in [2.05, 4.69) is 22.1 Å². The highest BCUT2D eigenvalue weighted by Crippen LogP contribution is 2.37. The van der Waals surface area contributed by atoms with Gasteiger partial charge in [0, 0.05) is 25.1 Å². The third-order valence-corrected chi connectivity index (χ3v) is 8.76. The number of rotatable bonds is 6. The summed E-state index contributed by atoms with van der Waals surface area (Å²) in [5.41, 5.74) is -0.251. The number of benzene rings is 1. The van der Waals surface area contributed by atoms with Gasteiger partial charge < -0.3 is 0 Å². The molecule has 1 aromatic heterocycles. The van der Waals surface area contributed by atoms with Crippen LogP contribution in [0.25, 0.3) is 0 Å². The van der Waals surface area contributed by atoms with Crippen molar-refractivity contribution in [1.29, 1.82) is 0 Å². The van der Waals surface area contributed by atoms with Crippen LogP contribution in [0.15, 0.2) is 33.1 Å². The fourth-order valence-electron chi connectivity index (χ4n) is 4.04. The van der Waals surface area contributed by atoms with Gasteiger partial charge in [-0.1, -0.05) is 19.8 Å². The van der Waals surface area contributed by atoms with Crippen LogP contribution in [0.2, 0.25) is 0 Å². The number of nitrogens with zero attached hydrogens (tertiary/aromatic N) is 4. The molecule has 2 aromatic rings. The molecule has 30 heavy (non-hydrogen) atoms. The summed E-state index contributed by atoms with van der Waals surface area (Å²) in [7, 11) is -3.76. The van der Waals surface area contributed by atoms with E-state index in [1.54, 1.807) is 0 Å². The van der Waals surface area contributed by atoms with E-state index < -0.39 is 14.9 Å². The zero-order valence-electron chi connectivity index (χ0n) is 16.8. The lowest BCUT2D eigenvalue weighted by Crippen LogP contribution is -2.37. The molecule has 1 saturated heterocycles. The Balaban J connectivity index is 1.57. The summed E-state index contributed by atoms with van der Waals surface area (Å²) in [5, 5.41) is 19.2.